The summed E-state index contributed by atoms with van der Waals surface area (Å²) in [5, 5.41) is 4.78. The Morgan fingerprint density at radius 2 is 2.04 bits per heavy atom. The van der Waals surface area contributed by atoms with Crippen LogP contribution in [0.4, 0.5) is 0 Å². The van der Waals surface area contributed by atoms with E-state index in [1.807, 2.05) is 48.0 Å². The number of rotatable bonds is 4. The third kappa shape index (κ3) is 2.83. The van der Waals surface area contributed by atoms with Crippen LogP contribution in [0.1, 0.15) is 5.56 Å². The Bertz CT molecular complexity index is 994. The summed E-state index contributed by atoms with van der Waals surface area (Å²) in [7, 11) is 1.96. The largest absolute Gasteiger partial charge is 0.457 e. The summed E-state index contributed by atoms with van der Waals surface area (Å²) in [5.41, 5.74) is 2.88. The number of halogens is 1. The molecule has 4 aromatic rings. The van der Waals surface area contributed by atoms with E-state index in [9.17, 15) is 0 Å². The first kappa shape index (κ1) is 14.7. The highest BCUT2D eigenvalue weighted by Gasteiger charge is 2.09. The van der Waals surface area contributed by atoms with Gasteiger partial charge in [0.1, 0.15) is 24.2 Å². The van der Waals surface area contributed by atoms with Crippen LogP contribution in [0.15, 0.2) is 55.4 Å². The summed E-state index contributed by atoms with van der Waals surface area (Å²) in [6.07, 6.45) is 4.95. The third-order valence-electron chi connectivity index (χ3n) is 3.75. The Morgan fingerprint density at radius 3 is 2.88 bits per heavy atom. The maximum atomic E-state index is 6.13. The standard InChI is InChI=1S/C17H14ClN5O/c1-22-11-20-15-4-3-14(7-16(15)22)24-17-5-2-13(18)6-12(17)8-23-10-19-9-21-23/h2-7,9-11H,8H2,1H3. The van der Waals surface area contributed by atoms with Crippen molar-refractivity contribution in [1.82, 2.24) is 24.3 Å². The maximum absolute atomic E-state index is 6.13. The number of ether oxygens (including phenoxy) is 1. The van der Waals surface area contributed by atoms with Gasteiger partial charge in [0.15, 0.2) is 0 Å². The Balaban J connectivity index is 1.68. The molecule has 0 unspecified atom stereocenters. The monoisotopic (exact) mass is 339 g/mol. The Morgan fingerprint density at radius 1 is 1.12 bits per heavy atom. The lowest BCUT2D eigenvalue weighted by Gasteiger charge is -2.12. The van der Waals surface area contributed by atoms with Gasteiger partial charge in [-0.05, 0) is 30.3 Å². The van der Waals surface area contributed by atoms with E-state index in [1.165, 1.54) is 6.33 Å². The minimum absolute atomic E-state index is 0.532. The van der Waals surface area contributed by atoms with Crippen LogP contribution in [0, 0.1) is 0 Å². The van der Waals surface area contributed by atoms with Crippen molar-refractivity contribution in [3.8, 4) is 11.5 Å². The van der Waals surface area contributed by atoms with Gasteiger partial charge in [-0.25, -0.2) is 14.6 Å². The van der Waals surface area contributed by atoms with E-state index in [0.717, 1.165) is 28.1 Å². The predicted octanol–water partition coefficient (Wildman–Crippen LogP) is 3.66. The van der Waals surface area contributed by atoms with E-state index >= 15 is 0 Å². The van der Waals surface area contributed by atoms with Gasteiger partial charge < -0.3 is 9.30 Å². The molecule has 0 spiro atoms. The number of imidazole rings is 1. The fourth-order valence-corrected chi connectivity index (χ4v) is 2.75. The van der Waals surface area contributed by atoms with Crippen molar-refractivity contribution in [3.63, 3.8) is 0 Å². The van der Waals surface area contributed by atoms with Crippen LogP contribution in [0.2, 0.25) is 5.02 Å². The molecule has 4 rings (SSSR count). The van der Waals surface area contributed by atoms with E-state index in [4.69, 9.17) is 16.3 Å². The fraction of sp³-hybridized carbons (Fsp3) is 0.118. The SMILES string of the molecule is Cn1cnc2ccc(Oc3ccc(Cl)cc3Cn3cncn3)cc21. The van der Waals surface area contributed by atoms with Crippen LogP contribution in [-0.2, 0) is 13.6 Å². The highest BCUT2D eigenvalue weighted by molar-refractivity contribution is 6.30. The molecule has 7 heteroatoms. The lowest BCUT2D eigenvalue weighted by Crippen LogP contribution is -2.02. The first-order valence-corrected chi connectivity index (χ1v) is 7.76. The van der Waals surface area contributed by atoms with Crippen molar-refractivity contribution in [2.45, 2.75) is 6.54 Å². The summed E-state index contributed by atoms with van der Waals surface area (Å²) in [4.78, 5) is 8.28. The molecule has 2 aromatic heterocycles. The highest BCUT2D eigenvalue weighted by Crippen LogP contribution is 2.30. The molecular weight excluding hydrogens is 326 g/mol. The van der Waals surface area contributed by atoms with Gasteiger partial charge in [-0.1, -0.05) is 11.6 Å². The number of fused-ring (bicyclic) bond motifs is 1. The van der Waals surface area contributed by atoms with Crippen LogP contribution in [0.5, 0.6) is 11.5 Å². The molecule has 0 aliphatic heterocycles. The van der Waals surface area contributed by atoms with Crippen LogP contribution in [0.25, 0.3) is 11.0 Å². The lowest BCUT2D eigenvalue weighted by molar-refractivity contribution is 0.472. The number of aryl methyl sites for hydroxylation is 1. The normalized spacial score (nSPS) is 11.1. The van der Waals surface area contributed by atoms with E-state index in [2.05, 4.69) is 15.1 Å². The molecule has 24 heavy (non-hydrogen) atoms. The van der Waals surface area contributed by atoms with Crippen molar-refractivity contribution in [2.24, 2.45) is 7.05 Å². The van der Waals surface area contributed by atoms with Crippen molar-refractivity contribution >= 4 is 22.6 Å². The molecule has 0 saturated carbocycles. The van der Waals surface area contributed by atoms with Gasteiger partial charge in [0, 0.05) is 23.7 Å². The van der Waals surface area contributed by atoms with E-state index in [1.54, 1.807) is 17.3 Å². The maximum Gasteiger partial charge on any atom is 0.137 e. The zero-order chi connectivity index (χ0) is 16.5. The lowest BCUT2D eigenvalue weighted by atomic mass is 10.2. The summed E-state index contributed by atoms with van der Waals surface area (Å²) < 4.78 is 9.77. The topological polar surface area (TPSA) is 57.8 Å². The minimum atomic E-state index is 0.532. The molecule has 0 bridgehead atoms. The van der Waals surface area contributed by atoms with Crippen molar-refractivity contribution in [2.75, 3.05) is 0 Å². The average molecular weight is 340 g/mol. The van der Waals surface area contributed by atoms with E-state index < -0.39 is 0 Å². The second-order valence-electron chi connectivity index (χ2n) is 5.45. The molecule has 0 radical (unpaired) electrons. The second-order valence-corrected chi connectivity index (χ2v) is 5.89. The number of nitrogens with zero attached hydrogens (tertiary/aromatic N) is 5. The zero-order valence-corrected chi connectivity index (χ0v) is 13.7. The molecule has 120 valence electrons. The van der Waals surface area contributed by atoms with Gasteiger partial charge >= 0.3 is 0 Å². The molecule has 0 amide bonds. The third-order valence-corrected chi connectivity index (χ3v) is 3.98. The van der Waals surface area contributed by atoms with Crippen molar-refractivity contribution in [3.05, 3.63) is 66.0 Å². The Labute approximate surface area is 143 Å². The summed E-state index contributed by atoms with van der Waals surface area (Å²) in [6.45, 7) is 0.532. The average Bonchev–Trinajstić information content (AvgIpc) is 3.21. The zero-order valence-electron chi connectivity index (χ0n) is 12.9. The molecule has 2 heterocycles. The molecule has 0 aliphatic rings. The summed E-state index contributed by atoms with van der Waals surface area (Å²) in [5.74, 6) is 1.48. The quantitative estimate of drug-likeness (QED) is 0.569. The number of hydrogen-bond donors (Lipinski definition) is 0. The van der Waals surface area contributed by atoms with Gasteiger partial charge in [0.05, 0.1) is 23.9 Å². The minimum Gasteiger partial charge on any atom is -0.457 e. The van der Waals surface area contributed by atoms with Gasteiger partial charge in [0.25, 0.3) is 0 Å². The molecule has 6 nitrogen and oxygen atoms in total. The van der Waals surface area contributed by atoms with Crippen molar-refractivity contribution in [1.29, 1.82) is 0 Å². The smallest absolute Gasteiger partial charge is 0.137 e. The van der Waals surface area contributed by atoms with E-state index in [-0.39, 0.29) is 0 Å². The van der Waals surface area contributed by atoms with Gasteiger partial charge in [0.2, 0.25) is 0 Å². The predicted molar refractivity (Wildman–Crippen MR) is 91.4 cm³/mol. The molecule has 0 atom stereocenters. The second kappa shape index (κ2) is 5.98. The van der Waals surface area contributed by atoms with Gasteiger partial charge in [-0.3, -0.25) is 0 Å². The molecular formula is C17H14ClN5O. The molecule has 0 aliphatic carbocycles. The molecule has 0 saturated heterocycles. The molecule has 2 aromatic carbocycles. The van der Waals surface area contributed by atoms with Crippen LogP contribution in [-0.4, -0.2) is 24.3 Å². The fourth-order valence-electron chi connectivity index (χ4n) is 2.56. The summed E-state index contributed by atoms with van der Waals surface area (Å²) >= 11 is 6.13. The van der Waals surface area contributed by atoms with E-state index in [0.29, 0.717) is 11.6 Å². The number of hydrogen-bond acceptors (Lipinski definition) is 4. The molecule has 0 N–H and O–H groups in total. The first-order valence-electron chi connectivity index (χ1n) is 7.39. The molecule has 0 fully saturated rings. The van der Waals surface area contributed by atoms with Gasteiger partial charge in [-0.2, -0.15) is 5.10 Å². The van der Waals surface area contributed by atoms with Crippen molar-refractivity contribution < 1.29 is 4.74 Å². The number of benzene rings is 2. The van der Waals surface area contributed by atoms with Gasteiger partial charge in [-0.15, -0.1) is 0 Å². The highest BCUT2D eigenvalue weighted by atomic mass is 35.5. The Hall–Kier alpha value is -2.86. The van der Waals surface area contributed by atoms with Crippen LogP contribution < -0.4 is 4.74 Å². The number of aromatic nitrogens is 5. The van der Waals surface area contributed by atoms with Crippen LogP contribution in [0.3, 0.4) is 0 Å². The Kier molecular flexibility index (Phi) is 3.66. The summed E-state index contributed by atoms with van der Waals surface area (Å²) in [6, 6.07) is 11.4. The first-order chi connectivity index (χ1) is 11.7. The van der Waals surface area contributed by atoms with Crippen LogP contribution >= 0.6 is 11.6 Å².